The fourth-order valence-electron chi connectivity index (χ4n) is 8.79. The number of hydrogen-bond donors (Lipinski definition) is 1. The van der Waals surface area contributed by atoms with Crippen molar-refractivity contribution in [3.05, 3.63) is 84.1 Å². The van der Waals surface area contributed by atoms with Crippen LogP contribution in [0.3, 0.4) is 0 Å². The van der Waals surface area contributed by atoms with Crippen molar-refractivity contribution in [3.63, 3.8) is 0 Å². The molecule has 3 fully saturated rings. The Kier molecular flexibility index (Phi) is 9.18. The molecule has 7 heterocycles. The first-order valence-corrected chi connectivity index (χ1v) is 19.0. The van der Waals surface area contributed by atoms with Gasteiger partial charge in [0.2, 0.25) is 11.8 Å². The standard InChI is InChI=1S/C41H39F3N8O4/c42-32-19-26(25-1-3-28-31-23-45-11-7-33(31)51(41(43)44)35(28)20-25)22-46-37(32)50-13-9-24(10-14-50)8-12-48-15-17-49(18-16-48)27-2-4-29-30(21-27)40(56)52(39(29)55)34-5-6-36(53)47-38(34)54/h1-4,7,11,19-24,34,41H,5-6,8-10,12-18H2,(H,47,53,54). The molecule has 5 aromatic rings. The second-order valence-corrected chi connectivity index (χ2v) is 15.0. The Hall–Kier alpha value is -5.83. The van der Waals surface area contributed by atoms with Crippen LogP contribution in [0.4, 0.5) is 24.7 Å². The van der Waals surface area contributed by atoms with Gasteiger partial charge in [0.15, 0.2) is 11.6 Å². The highest BCUT2D eigenvalue weighted by Crippen LogP contribution is 2.36. The maximum absolute atomic E-state index is 15.6. The number of imide groups is 2. The van der Waals surface area contributed by atoms with Crippen molar-refractivity contribution >= 4 is 56.9 Å². The highest BCUT2D eigenvalue weighted by molar-refractivity contribution is 6.23. The Morgan fingerprint density at radius 2 is 1.55 bits per heavy atom. The summed E-state index contributed by atoms with van der Waals surface area (Å²) in [6.07, 6.45) is 7.74. The van der Waals surface area contributed by atoms with Crippen molar-refractivity contribution in [1.29, 1.82) is 0 Å². The molecule has 0 bridgehead atoms. The van der Waals surface area contributed by atoms with E-state index in [9.17, 15) is 28.0 Å². The lowest BCUT2D eigenvalue weighted by Gasteiger charge is -2.38. The summed E-state index contributed by atoms with van der Waals surface area (Å²) in [6, 6.07) is 12.5. The van der Waals surface area contributed by atoms with Gasteiger partial charge >= 0.3 is 6.55 Å². The first-order valence-electron chi connectivity index (χ1n) is 19.0. The monoisotopic (exact) mass is 764 g/mol. The Bertz CT molecular complexity index is 2400. The summed E-state index contributed by atoms with van der Waals surface area (Å²) in [5.41, 5.74) is 3.27. The summed E-state index contributed by atoms with van der Waals surface area (Å²) in [5.74, 6) is -1.68. The molecule has 0 saturated carbocycles. The molecular formula is C41H39F3N8O4. The first-order chi connectivity index (χ1) is 27.1. The van der Waals surface area contributed by atoms with Gasteiger partial charge in [0.1, 0.15) is 6.04 Å². The zero-order valence-electron chi connectivity index (χ0n) is 30.5. The summed E-state index contributed by atoms with van der Waals surface area (Å²) < 4.78 is 44.8. The number of carbonyl (C=O) groups is 4. The third-order valence-corrected chi connectivity index (χ3v) is 11.9. The van der Waals surface area contributed by atoms with Crippen LogP contribution in [-0.4, -0.2) is 99.8 Å². The van der Waals surface area contributed by atoms with E-state index in [1.807, 2.05) is 11.0 Å². The largest absolute Gasteiger partial charge is 0.369 e. The lowest BCUT2D eigenvalue weighted by Crippen LogP contribution is -2.54. The van der Waals surface area contributed by atoms with E-state index in [1.165, 1.54) is 12.3 Å². The Morgan fingerprint density at radius 3 is 2.30 bits per heavy atom. The molecular weight excluding hydrogens is 725 g/mol. The molecule has 0 aliphatic carbocycles. The van der Waals surface area contributed by atoms with Crippen LogP contribution in [-0.2, 0) is 9.59 Å². The lowest BCUT2D eigenvalue weighted by molar-refractivity contribution is -0.136. The fourth-order valence-corrected chi connectivity index (χ4v) is 8.79. The number of halogens is 3. The van der Waals surface area contributed by atoms with Crippen LogP contribution >= 0.6 is 0 Å². The number of aromatic nitrogens is 3. The van der Waals surface area contributed by atoms with Crippen molar-refractivity contribution in [1.82, 2.24) is 29.7 Å². The van der Waals surface area contributed by atoms with Gasteiger partial charge in [-0.05, 0) is 80.1 Å². The predicted octanol–water partition coefficient (Wildman–Crippen LogP) is 5.62. The van der Waals surface area contributed by atoms with Gasteiger partial charge < -0.3 is 9.80 Å². The molecule has 1 atom stereocenters. The normalized spacial score (nSPS) is 19.9. The van der Waals surface area contributed by atoms with Crippen LogP contribution in [0, 0.1) is 11.7 Å². The molecule has 0 spiro atoms. The van der Waals surface area contributed by atoms with Crippen molar-refractivity contribution in [2.24, 2.45) is 5.92 Å². The Morgan fingerprint density at radius 1 is 0.768 bits per heavy atom. The maximum atomic E-state index is 15.6. The van der Waals surface area contributed by atoms with Gasteiger partial charge in [0, 0.05) is 86.3 Å². The molecule has 3 aromatic heterocycles. The lowest BCUT2D eigenvalue weighted by atomic mass is 9.93. The molecule has 0 radical (unpaired) electrons. The second-order valence-electron chi connectivity index (χ2n) is 15.0. The van der Waals surface area contributed by atoms with Crippen molar-refractivity contribution in [2.45, 2.75) is 44.7 Å². The quantitative estimate of drug-likeness (QED) is 0.201. The first kappa shape index (κ1) is 35.8. The topological polar surface area (TPSA) is 124 Å². The molecule has 12 nitrogen and oxygen atoms in total. The van der Waals surface area contributed by atoms with Gasteiger partial charge in [-0.25, -0.2) is 9.37 Å². The van der Waals surface area contributed by atoms with Gasteiger partial charge in [-0.3, -0.25) is 43.8 Å². The molecule has 1 N–H and O–H groups in total. The van der Waals surface area contributed by atoms with E-state index < -0.39 is 42.0 Å². The number of piperidine rings is 2. The number of rotatable bonds is 8. The maximum Gasteiger partial charge on any atom is 0.319 e. The molecule has 4 aliphatic heterocycles. The number of amides is 4. The number of nitrogens with zero attached hydrogens (tertiary/aromatic N) is 7. The average molecular weight is 765 g/mol. The molecule has 288 valence electrons. The number of alkyl halides is 2. The summed E-state index contributed by atoms with van der Waals surface area (Å²) >= 11 is 0. The third-order valence-electron chi connectivity index (χ3n) is 11.9. The zero-order chi connectivity index (χ0) is 38.7. The molecule has 9 rings (SSSR count). The minimum Gasteiger partial charge on any atom is -0.369 e. The molecule has 4 aliphatic rings. The zero-order valence-corrected chi connectivity index (χ0v) is 30.5. The number of benzene rings is 2. The van der Waals surface area contributed by atoms with Crippen molar-refractivity contribution < 1.29 is 32.3 Å². The van der Waals surface area contributed by atoms with Gasteiger partial charge in [0.05, 0.1) is 22.2 Å². The predicted molar refractivity (Wildman–Crippen MR) is 203 cm³/mol. The van der Waals surface area contributed by atoms with E-state index in [0.29, 0.717) is 57.8 Å². The minimum absolute atomic E-state index is 0.0770. The van der Waals surface area contributed by atoms with Crippen LogP contribution in [0.1, 0.15) is 59.4 Å². The second kappa shape index (κ2) is 14.3. The van der Waals surface area contributed by atoms with Gasteiger partial charge in [-0.1, -0.05) is 12.1 Å². The minimum atomic E-state index is -2.74. The van der Waals surface area contributed by atoms with Crippen LogP contribution in [0.25, 0.3) is 32.9 Å². The van der Waals surface area contributed by atoms with Crippen LogP contribution in [0.2, 0.25) is 0 Å². The number of anilines is 2. The Balaban J connectivity index is 0.770. The summed E-state index contributed by atoms with van der Waals surface area (Å²) in [6.45, 7) is 2.81. The summed E-state index contributed by atoms with van der Waals surface area (Å²) in [7, 11) is 0. The smallest absolute Gasteiger partial charge is 0.319 e. The van der Waals surface area contributed by atoms with E-state index in [-0.39, 0.29) is 24.0 Å². The Labute approximate surface area is 319 Å². The molecule has 3 saturated heterocycles. The number of piperazine rings is 1. The number of hydrogen-bond acceptors (Lipinski definition) is 9. The van der Waals surface area contributed by atoms with E-state index in [2.05, 4.69) is 25.1 Å². The molecule has 2 aromatic carbocycles. The van der Waals surface area contributed by atoms with Crippen LogP contribution < -0.4 is 15.1 Å². The highest BCUT2D eigenvalue weighted by Gasteiger charge is 2.45. The van der Waals surface area contributed by atoms with E-state index >= 15 is 4.39 Å². The van der Waals surface area contributed by atoms with Gasteiger partial charge in [-0.15, -0.1) is 0 Å². The SMILES string of the molecule is O=C1CCC(N2C(=O)c3ccc(N4CCN(CCC5CCN(c6ncc(-c7ccc8c9cnccc9n(C(F)F)c8c7)cc6F)CC5)CC4)cc3C2=O)C(=O)N1. The van der Waals surface area contributed by atoms with Crippen molar-refractivity contribution in [3.8, 4) is 11.1 Å². The summed E-state index contributed by atoms with van der Waals surface area (Å²) in [4.78, 5) is 66.6. The fraction of sp³-hybridized carbons (Fsp3) is 0.366. The molecule has 56 heavy (non-hydrogen) atoms. The van der Waals surface area contributed by atoms with Crippen LogP contribution in [0.5, 0.6) is 0 Å². The number of pyridine rings is 2. The van der Waals surface area contributed by atoms with E-state index in [4.69, 9.17) is 0 Å². The van der Waals surface area contributed by atoms with Gasteiger partial charge in [0.25, 0.3) is 11.8 Å². The summed E-state index contributed by atoms with van der Waals surface area (Å²) in [5, 5.41) is 3.52. The number of fused-ring (bicyclic) bond motifs is 4. The van der Waals surface area contributed by atoms with Gasteiger partial charge in [-0.2, -0.15) is 8.78 Å². The van der Waals surface area contributed by atoms with E-state index in [0.717, 1.165) is 67.1 Å². The number of carbonyl (C=O) groups excluding carboxylic acids is 4. The average Bonchev–Trinajstić information content (AvgIpc) is 3.67. The third kappa shape index (κ3) is 6.33. The molecule has 15 heteroatoms. The highest BCUT2D eigenvalue weighted by atomic mass is 19.3. The van der Waals surface area contributed by atoms with E-state index in [1.54, 1.807) is 48.8 Å². The molecule has 1 unspecified atom stereocenters. The van der Waals surface area contributed by atoms with Crippen LogP contribution in [0.15, 0.2) is 67.1 Å². The molecule has 4 amide bonds. The number of nitrogens with one attached hydrogen (secondary N) is 1. The van der Waals surface area contributed by atoms with Crippen molar-refractivity contribution in [2.75, 3.05) is 55.6 Å².